The van der Waals surface area contributed by atoms with E-state index in [9.17, 15) is 0 Å². The van der Waals surface area contributed by atoms with Crippen molar-refractivity contribution in [3.05, 3.63) is 0 Å². The summed E-state index contributed by atoms with van der Waals surface area (Å²) in [7, 11) is 0. The molecular weight excluding hydrogens is 196 g/mol. The van der Waals surface area contributed by atoms with E-state index < -0.39 is 0 Å². The van der Waals surface area contributed by atoms with Crippen molar-refractivity contribution in [1.82, 2.24) is 10.2 Å². The van der Waals surface area contributed by atoms with Gasteiger partial charge in [-0.3, -0.25) is 0 Å². The van der Waals surface area contributed by atoms with Crippen LogP contribution in [0.5, 0.6) is 0 Å². The normalized spacial score (nSPS) is 40.7. The van der Waals surface area contributed by atoms with E-state index in [1.54, 1.807) is 0 Å². The molecule has 1 saturated heterocycles. The predicted molar refractivity (Wildman–Crippen MR) is 67.5 cm³/mol. The molecule has 1 heterocycles. The van der Waals surface area contributed by atoms with E-state index in [0.717, 1.165) is 23.9 Å². The Morgan fingerprint density at radius 3 is 2.69 bits per heavy atom. The summed E-state index contributed by atoms with van der Waals surface area (Å²) in [6, 6.07) is 1.82. The Hall–Kier alpha value is -0.0800. The van der Waals surface area contributed by atoms with Gasteiger partial charge in [0.2, 0.25) is 0 Å². The number of nitrogens with one attached hydrogen (secondary N) is 1. The molecule has 0 amide bonds. The second kappa shape index (κ2) is 4.66. The number of rotatable bonds is 4. The Morgan fingerprint density at radius 2 is 2.00 bits per heavy atom. The van der Waals surface area contributed by atoms with Crippen LogP contribution in [-0.2, 0) is 0 Å². The highest BCUT2D eigenvalue weighted by Gasteiger charge is 2.32. The van der Waals surface area contributed by atoms with Gasteiger partial charge in [0.25, 0.3) is 0 Å². The number of hydrogen-bond acceptors (Lipinski definition) is 2. The number of likely N-dealkylation sites (tertiary alicyclic amines) is 1. The Balaban J connectivity index is 1.41. The van der Waals surface area contributed by atoms with Crippen molar-refractivity contribution in [2.75, 3.05) is 19.6 Å². The minimum atomic E-state index is 0.889. The van der Waals surface area contributed by atoms with E-state index in [0.29, 0.717) is 0 Å². The zero-order valence-corrected chi connectivity index (χ0v) is 10.6. The minimum Gasteiger partial charge on any atom is -0.314 e. The van der Waals surface area contributed by atoms with Crippen molar-refractivity contribution < 1.29 is 0 Å². The molecule has 3 rings (SSSR count). The predicted octanol–water partition coefficient (Wildman–Crippen LogP) is 2.25. The van der Waals surface area contributed by atoms with Crippen molar-refractivity contribution in [2.24, 2.45) is 11.8 Å². The van der Waals surface area contributed by atoms with Crippen LogP contribution < -0.4 is 5.32 Å². The Kier molecular flexibility index (Phi) is 3.21. The van der Waals surface area contributed by atoms with Crippen molar-refractivity contribution in [1.29, 1.82) is 0 Å². The quantitative estimate of drug-likeness (QED) is 0.785. The van der Waals surface area contributed by atoms with E-state index in [-0.39, 0.29) is 0 Å². The molecule has 0 bridgehead atoms. The fraction of sp³-hybridized carbons (Fsp3) is 1.00. The summed E-state index contributed by atoms with van der Waals surface area (Å²) in [4.78, 5) is 2.78. The van der Waals surface area contributed by atoms with Crippen LogP contribution in [0.3, 0.4) is 0 Å². The molecule has 3 aliphatic rings. The highest BCUT2D eigenvalue weighted by molar-refractivity contribution is 4.88. The topological polar surface area (TPSA) is 15.3 Å². The van der Waals surface area contributed by atoms with E-state index in [4.69, 9.17) is 0 Å². The molecule has 16 heavy (non-hydrogen) atoms. The molecule has 0 radical (unpaired) electrons. The standard InChI is InChI=1S/C14H26N2/c1-11-2-5-14(8-11)16-7-6-12(10-16)9-15-13-3-4-13/h11-15H,2-10H2,1H3. The first-order valence-corrected chi connectivity index (χ1v) is 7.28. The van der Waals surface area contributed by atoms with E-state index >= 15 is 0 Å². The second-order valence-electron chi connectivity index (χ2n) is 6.40. The molecule has 0 aromatic rings. The van der Waals surface area contributed by atoms with Gasteiger partial charge in [0.1, 0.15) is 0 Å². The molecule has 0 aromatic carbocycles. The van der Waals surface area contributed by atoms with Gasteiger partial charge >= 0.3 is 0 Å². The van der Waals surface area contributed by atoms with Crippen LogP contribution >= 0.6 is 0 Å². The van der Waals surface area contributed by atoms with Crippen LogP contribution in [0.25, 0.3) is 0 Å². The third-order valence-corrected chi connectivity index (χ3v) is 4.77. The lowest BCUT2D eigenvalue weighted by atomic mass is 10.1. The SMILES string of the molecule is CC1CCC(N2CCC(CNC3CC3)C2)C1. The average molecular weight is 222 g/mol. The smallest absolute Gasteiger partial charge is 0.00980 e. The third kappa shape index (κ3) is 2.60. The molecule has 2 nitrogen and oxygen atoms in total. The average Bonchev–Trinajstić information content (AvgIpc) is 2.81. The molecule has 2 aliphatic carbocycles. The first kappa shape index (κ1) is 11.0. The highest BCUT2D eigenvalue weighted by Crippen LogP contribution is 2.32. The second-order valence-corrected chi connectivity index (χ2v) is 6.40. The van der Waals surface area contributed by atoms with Gasteiger partial charge in [-0.15, -0.1) is 0 Å². The Bertz CT molecular complexity index is 237. The van der Waals surface area contributed by atoms with Gasteiger partial charge in [-0.1, -0.05) is 6.92 Å². The molecule has 2 saturated carbocycles. The molecule has 3 fully saturated rings. The number of nitrogens with zero attached hydrogens (tertiary/aromatic N) is 1. The van der Waals surface area contributed by atoms with Gasteiger partial charge in [0, 0.05) is 18.6 Å². The zero-order valence-electron chi connectivity index (χ0n) is 10.6. The summed E-state index contributed by atoms with van der Waals surface area (Å²) in [5.41, 5.74) is 0. The first-order valence-electron chi connectivity index (χ1n) is 7.28. The van der Waals surface area contributed by atoms with E-state index in [1.807, 2.05) is 0 Å². The molecule has 0 aromatic heterocycles. The largest absolute Gasteiger partial charge is 0.314 e. The fourth-order valence-electron chi connectivity index (χ4n) is 3.49. The van der Waals surface area contributed by atoms with E-state index in [1.165, 1.54) is 58.2 Å². The van der Waals surface area contributed by atoms with Gasteiger partial charge < -0.3 is 10.2 Å². The van der Waals surface area contributed by atoms with Crippen molar-refractivity contribution in [3.8, 4) is 0 Å². The maximum absolute atomic E-state index is 3.69. The maximum Gasteiger partial charge on any atom is 0.00980 e. The van der Waals surface area contributed by atoms with Crippen LogP contribution in [0.4, 0.5) is 0 Å². The summed E-state index contributed by atoms with van der Waals surface area (Å²) in [6.45, 7) is 6.44. The molecular formula is C14H26N2. The van der Waals surface area contributed by atoms with Gasteiger partial charge in [-0.05, 0) is 63.5 Å². The Labute approximate surface area is 99.8 Å². The van der Waals surface area contributed by atoms with Gasteiger partial charge in [-0.25, -0.2) is 0 Å². The van der Waals surface area contributed by atoms with Crippen molar-refractivity contribution in [3.63, 3.8) is 0 Å². The molecule has 1 N–H and O–H groups in total. The summed E-state index contributed by atoms with van der Waals surface area (Å²) >= 11 is 0. The summed E-state index contributed by atoms with van der Waals surface area (Å²) < 4.78 is 0. The van der Waals surface area contributed by atoms with E-state index in [2.05, 4.69) is 17.1 Å². The summed E-state index contributed by atoms with van der Waals surface area (Å²) in [5.74, 6) is 1.92. The molecule has 92 valence electrons. The highest BCUT2D eigenvalue weighted by atomic mass is 15.2. The van der Waals surface area contributed by atoms with Crippen LogP contribution in [0.2, 0.25) is 0 Å². The summed E-state index contributed by atoms with van der Waals surface area (Å²) in [5, 5.41) is 3.69. The van der Waals surface area contributed by atoms with Gasteiger partial charge in [0.15, 0.2) is 0 Å². The van der Waals surface area contributed by atoms with Gasteiger partial charge in [-0.2, -0.15) is 0 Å². The number of hydrogen-bond donors (Lipinski definition) is 1. The lowest BCUT2D eigenvalue weighted by molar-refractivity contribution is 0.232. The monoisotopic (exact) mass is 222 g/mol. The Morgan fingerprint density at radius 1 is 1.12 bits per heavy atom. The van der Waals surface area contributed by atoms with Crippen LogP contribution in [0.15, 0.2) is 0 Å². The van der Waals surface area contributed by atoms with Crippen LogP contribution in [0, 0.1) is 11.8 Å². The molecule has 2 heteroatoms. The third-order valence-electron chi connectivity index (χ3n) is 4.77. The van der Waals surface area contributed by atoms with Crippen molar-refractivity contribution in [2.45, 2.75) is 57.5 Å². The molecule has 3 unspecified atom stereocenters. The lowest BCUT2D eigenvalue weighted by Gasteiger charge is -2.24. The molecule has 0 spiro atoms. The van der Waals surface area contributed by atoms with Crippen LogP contribution in [0.1, 0.15) is 45.4 Å². The first-order chi connectivity index (χ1) is 7.81. The van der Waals surface area contributed by atoms with Gasteiger partial charge in [0.05, 0.1) is 0 Å². The fourth-order valence-corrected chi connectivity index (χ4v) is 3.49. The lowest BCUT2D eigenvalue weighted by Crippen LogP contribution is -2.33. The molecule has 1 aliphatic heterocycles. The van der Waals surface area contributed by atoms with Crippen molar-refractivity contribution >= 4 is 0 Å². The van der Waals surface area contributed by atoms with Crippen LogP contribution in [-0.4, -0.2) is 36.6 Å². The minimum absolute atomic E-state index is 0.889. The molecule has 3 atom stereocenters. The maximum atomic E-state index is 3.69. The summed E-state index contributed by atoms with van der Waals surface area (Å²) in [6.07, 6.45) is 8.68. The zero-order chi connectivity index (χ0) is 11.0.